The Morgan fingerprint density at radius 1 is 1.11 bits per heavy atom. The molecular weight excluding hydrogens is 404 g/mol. The number of furan rings is 1. The second kappa shape index (κ2) is 6.83. The van der Waals surface area contributed by atoms with Crippen molar-refractivity contribution >= 4 is 32.9 Å². The number of halogens is 1. The number of hydrogen-bond donors (Lipinski definition) is 0. The first-order valence-corrected chi connectivity index (χ1v) is 10.2. The predicted molar refractivity (Wildman–Crippen MR) is 111 cm³/mol. The lowest BCUT2D eigenvalue weighted by atomic mass is 9.85. The maximum atomic E-state index is 12.7. The van der Waals surface area contributed by atoms with Crippen LogP contribution in [-0.2, 0) is 18.3 Å². The Bertz CT molecular complexity index is 1020. The van der Waals surface area contributed by atoms with Crippen molar-refractivity contribution in [2.45, 2.75) is 51.9 Å². The van der Waals surface area contributed by atoms with E-state index in [0.717, 1.165) is 39.6 Å². The van der Waals surface area contributed by atoms with Crippen LogP contribution in [0.2, 0.25) is 0 Å². The minimum atomic E-state index is -0.349. The van der Waals surface area contributed by atoms with Crippen LogP contribution in [0.4, 0.5) is 0 Å². The van der Waals surface area contributed by atoms with Gasteiger partial charge in [-0.2, -0.15) is 0 Å². The summed E-state index contributed by atoms with van der Waals surface area (Å²) >= 11 is 3.41. The Kier molecular flexibility index (Phi) is 4.63. The first kappa shape index (κ1) is 18.3. The van der Waals surface area contributed by atoms with Gasteiger partial charge in [-0.1, -0.05) is 42.8 Å². The largest absolute Gasteiger partial charge is 0.461 e. The highest BCUT2D eigenvalue weighted by Gasteiger charge is 2.26. The molecule has 1 aromatic heterocycles. The molecular formula is C23H23BrO3. The molecule has 27 heavy (non-hydrogen) atoms. The molecule has 0 fully saturated rings. The van der Waals surface area contributed by atoms with E-state index in [1.807, 2.05) is 18.2 Å². The third-order valence-electron chi connectivity index (χ3n) is 5.13. The predicted octanol–water partition coefficient (Wildman–Crippen LogP) is 6.59. The molecule has 0 saturated heterocycles. The lowest BCUT2D eigenvalue weighted by molar-refractivity contribution is 0.0732. The monoisotopic (exact) mass is 426 g/mol. The summed E-state index contributed by atoms with van der Waals surface area (Å²) < 4.78 is 12.9. The molecule has 0 radical (unpaired) electrons. The molecule has 0 atom stereocenters. The molecule has 3 aromatic rings. The molecule has 1 aliphatic carbocycles. The minimum Gasteiger partial charge on any atom is -0.461 e. The van der Waals surface area contributed by atoms with E-state index in [1.165, 1.54) is 18.4 Å². The average Bonchev–Trinajstić information content (AvgIpc) is 2.98. The summed E-state index contributed by atoms with van der Waals surface area (Å²) in [5, 5.41) is 1.08. The van der Waals surface area contributed by atoms with Crippen molar-refractivity contribution in [2.24, 2.45) is 0 Å². The van der Waals surface area contributed by atoms with Crippen molar-refractivity contribution in [3.63, 3.8) is 0 Å². The van der Waals surface area contributed by atoms with Gasteiger partial charge in [0.05, 0.1) is 5.56 Å². The van der Waals surface area contributed by atoms with E-state index in [0.29, 0.717) is 11.3 Å². The van der Waals surface area contributed by atoms with Gasteiger partial charge < -0.3 is 9.15 Å². The number of ether oxygens (including phenoxy) is 1. The van der Waals surface area contributed by atoms with Gasteiger partial charge in [-0.15, -0.1) is 0 Å². The van der Waals surface area contributed by atoms with Gasteiger partial charge >= 0.3 is 5.97 Å². The van der Waals surface area contributed by atoms with Crippen molar-refractivity contribution in [1.82, 2.24) is 0 Å². The zero-order chi connectivity index (χ0) is 19.2. The molecule has 140 valence electrons. The SMILES string of the molecule is CC(C)(C)c1cc2oc3c(c2cc1OC(=O)c1cccc(Br)c1)CCCC3. The van der Waals surface area contributed by atoms with Gasteiger partial charge in [0.1, 0.15) is 17.1 Å². The van der Waals surface area contributed by atoms with Crippen molar-refractivity contribution in [2.75, 3.05) is 0 Å². The molecule has 0 spiro atoms. The summed E-state index contributed by atoms with van der Waals surface area (Å²) in [7, 11) is 0. The van der Waals surface area contributed by atoms with Gasteiger partial charge in [0, 0.05) is 27.4 Å². The van der Waals surface area contributed by atoms with Gasteiger partial charge in [0.25, 0.3) is 0 Å². The second-order valence-electron chi connectivity index (χ2n) is 8.21. The van der Waals surface area contributed by atoms with Gasteiger partial charge in [-0.3, -0.25) is 0 Å². The summed E-state index contributed by atoms with van der Waals surface area (Å²) in [6, 6.07) is 11.3. The van der Waals surface area contributed by atoms with Crippen LogP contribution in [0.3, 0.4) is 0 Å². The van der Waals surface area contributed by atoms with E-state index in [2.05, 4.69) is 42.8 Å². The van der Waals surface area contributed by atoms with E-state index < -0.39 is 0 Å². The average molecular weight is 427 g/mol. The Labute approximate surface area is 167 Å². The smallest absolute Gasteiger partial charge is 0.343 e. The van der Waals surface area contributed by atoms with Gasteiger partial charge in [-0.25, -0.2) is 4.79 Å². The van der Waals surface area contributed by atoms with Crippen molar-refractivity contribution in [3.8, 4) is 5.75 Å². The van der Waals surface area contributed by atoms with Gasteiger partial charge in [0.15, 0.2) is 0 Å². The van der Waals surface area contributed by atoms with E-state index in [-0.39, 0.29) is 11.4 Å². The lowest BCUT2D eigenvalue weighted by Crippen LogP contribution is -2.16. The Balaban J connectivity index is 1.81. The van der Waals surface area contributed by atoms with Crippen LogP contribution >= 0.6 is 15.9 Å². The van der Waals surface area contributed by atoms with Crippen LogP contribution in [0.1, 0.15) is 60.9 Å². The van der Waals surface area contributed by atoms with Crippen LogP contribution in [-0.4, -0.2) is 5.97 Å². The topological polar surface area (TPSA) is 39.4 Å². The molecule has 0 bridgehead atoms. The zero-order valence-electron chi connectivity index (χ0n) is 15.9. The van der Waals surface area contributed by atoms with Crippen molar-refractivity contribution < 1.29 is 13.9 Å². The Hall–Kier alpha value is -2.07. The molecule has 0 amide bonds. The number of aryl methyl sites for hydroxylation is 2. The summed E-state index contributed by atoms with van der Waals surface area (Å²) in [4.78, 5) is 12.7. The number of hydrogen-bond acceptors (Lipinski definition) is 3. The molecule has 0 aliphatic heterocycles. The highest BCUT2D eigenvalue weighted by atomic mass is 79.9. The first-order chi connectivity index (χ1) is 12.8. The van der Waals surface area contributed by atoms with E-state index in [4.69, 9.17) is 9.15 Å². The molecule has 4 rings (SSSR count). The van der Waals surface area contributed by atoms with Crippen LogP contribution in [0, 0.1) is 0 Å². The highest BCUT2D eigenvalue weighted by molar-refractivity contribution is 9.10. The van der Waals surface area contributed by atoms with Gasteiger partial charge in [-0.05, 0) is 55.0 Å². The number of rotatable bonds is 2. The standard InChI is InChI=1S/C23H23BrO3/c1-23(2,3)18-13-20-17(16-9-4-5-10-19(16)26-20)12-21(18)27-22(25)14-7-6-8-15(24)11-14/h6-8,11-13H,4-5,9-10H2,1-3H3. The molecule has 0 unspecified atom stereocenters. The summed E-state index contributed by atoms with van der Waals surface area (Å²) in [6.07, 6.45) is 4.36. The third kappa shape index (κ3) is 3.55. The van der Waals surface area contributed by atoms with Crippen LogP contribution in [0.25, 0.3) is 11.0 Å². The molecule has 1 aliphatic rings. The fourth-order valence-electron chi connectivity index (χ4n) is 3.73. The van der Waals surface area contributed by atoms with Crippen LogP contribution in [0.15, 0.2) is 45.3 Å². The number of benzene rings is 2. The molecule has 0 saturated carbocycles. The summed E-state index contributed by atoms with van der Waals surface area (Å²) in [5.74, 6) is 1.36. The van der Waals surface area contributed by atoms with E-state index in [1.54, 1.807) is 12.1 Å². The van der Waals surface area contributed by atoms with E-state index >= 15 is 0 Å². The maximum Gasteiger partial charge on any atom is 0.343 e. The maximum absolute atomic E-state index is 12.7. The number of fused-ring (bicyclic) bond motifs is 3. The normalized spacial score (nSPS) is 14.2. The summed E-state index contributed by atoms with van der Waals surface area (Å²) in [5.41, 5.74) is 3.50. The highest BCUT2D eigenvalue weighted by Crippen LogP contribution is 2.40. The zero-order valence-corrected chi connectivity index (χ0v) is 17.5. The first-order valence-electron chi connectivity index (χ1n) is 9.39. The van der Waals surface area contributed by atoms with Crippen LogP contribution < -0.4 is 4.74 Å². The lowest BCUT2D eigenvalue weighted by Gasteiger charge is -2.22. The van der Waals surface area contributed by atoms with Crippen LogP contribution in [0.5, 0.6) is 5.75 Å². The van der Waals surface area contributed by atoms with Crippen molar-refractivity contribution in [3.05, 3.63) is 63.3 Å². The number of carbonyl (C=O) groups is 1. The number of carbonyl (C=O) groups excluding carboxylic acids is 1. The molecule has 4 heteroatoms. The second-order valence-corrected chi connectivity index (χ2v) is 9.12. The number of esters is 1. The Morgan fingerprint density at radius 2 is 1.89 bits per heavy atom. The molecule has 1 heterocycles. The van der Waals surface area contributed by atoms with E-state index in [9.17, 15) is 4.79 Å². The summed E-state index contributed by atoms with van der Waals surface area (Å²) in [6.45, 7) is 6.36. The van der Waals surface area contributed by atoms with Gasteiger partial charge in [0.2, 0.25) is 0 Å². The molecule has 0 N–H and O–H groups in total. The van der Waals surface area contributed by atoms with Crippen molar-refractivity contribution in [1.29, 1.82) is 0 Å². The fraction of sp³-hybridized carbons (Fsp3) is 0.348. The fourth-order valence-corrected chi connectivity index (χ4v) is 4.13. The molecule has 3 nitrogen and oxygen atoms in total. The quantitative estimate of drug-likeness (QED) is 0.342. The molecule has 2 aromatic carbocycles. The Morgan fingerprint density at radius 3 is 2.63 bits per heavy atom. The minimum absolute atomic E-state index is 0.172. The third-order valence-corrected chi connectivity index (χ3v) is 5.62.